The third kappa shape index (κ3) is 2.92. The van der Waals surface area contributed by atoms with Gasteiger partial charge in [-0.3, -0.25) is 9.38 Å². The summed E-state index contributed by atoms with van der Waals surface area (Å²) < 4.78 is 1.97. The minimum atomic E-state index is -0.265. The number of amides is 2. The molecule has 122 valence electrons. The van der Waals surface area contributed by atoms with Gasteiger partial charge in [0.25, 0.3) is 0 Å². The second-order valence-corrected chi connectivity index (χ2v) is 5.96. The molecule has 1 fully saturated rings. The average molecular weight is 322 g/mol. The van der Waals surface area contributed by atoms with Crippen LogP contribution >= 0.6 is 0 Å². The molecule has 4 rings (SSSR count). The molecular formula is C17H18N6O. The lowest BCUT2D eigenvalue weighted by molar-refractivity contribution is 0.251. The normalized spacial score (nSPS) is 14.3. The van der Waals surface area contributed by atoms with Gasteiger partial charge in [-0.25, -0.2) is 4.79 Å². The molecule has 0 unspecified atom stereocenters. The number of rotatable bonds is 4. The van der Waals surface area contributed by atoms with Gasteiger partial charge in [0.2, 0.25) is 0 Å². The Kier molecular flexibility index (Phi) is 3.82. The van der Waals surface area contributed by atoms with Crippen molar-refractivity contribution in [1.29, 1.82) is 0 Å². The molecule has 3 aromatic heterocycles. The number of fused-ring (bicyclic) bond motifs is 1. The van der Waals surface area contributed by atoms with Crippen molar-refractivity contribution in [3.8, 4) is 0 Å². The summed E-state index contributed by atoms with van der Waals surface area (Å²) in [6.45, 7) is 0.384. The smallest absolute Gasteiger partial charge is 0.319 e. The number of carbonyl (C=O) groups is 1. The number of urea groups is 1. The van der Waals surface area contributed by atoms with Crippen molar-refractivity contribution in [3.05, 3.63) is 54.2 Å². The zero-order valence-corrected chi connectivity index (χ0v) is 13.1. The predicted molar refractivity (Wildman–Crippen MR) is 89.7 cm³/mol. The van der Waals surface area contributed by atoms with Crippen LogP contribution in [-0.4, -0.2) is 25.6 Å². The van der Waals surface area contributed by atoms with Gasteiger partial charge in [-0.1, -0.05) is 12.5 Å². The molecule has 3 heterocycles. The van der Waals surface area contributed by atoms with Crippen LogP contribution in [-0.2, 0) is 6.54 Å². The lowest BCUT2D eigenvalue weighted by Gasteiger charge is -2.23. The first-order chi connectivity index (χ1) is 11.8. The van der Waals surface area contributed by atoms with Crippen LogP contribution in [0.1, 0.15) is 36.7 Å². The van der Waals surface area contributed by atoms with E-state index < -0.39 is 0 Å². The number of aromatic nitrogens is 4. The van der Waals surface area contributed by atoms with E-state index in [4.69, 9.17) is 0 Å². The molecule has 1 aliphatic carbocycles. The van der Waals surface area contributed by atoms with Crippen molar-refractivity contribution in [2.24, 2.45) is 0 Å². The van der Waals surface area contributed by atoms with Gasteiger partial charge in [-0.05, 0) is 37.1 Å². The molecule has 0 aliphatic heterocycles. The maximum absolute atomic E-state index is 12.1. The molecule has 7 heteroatoms. The summed E-state index contributed by atoms with van der Waals surface area (Å²) in [6, 6.07) is 9.03. The summed E-state index contributed by atoms with van der Waals surface area (Å²) >= 11 is 0. The quantitative estimate of drug-likeness (QED) is 0.773. The third-order valence-electron chi connectivity index (χ3n) is 4.31. The lowest BCUT2D eigenvalue weighted by Crippen LogP contribution is -2.28. The summed E-state index contributed by atoms with van der Waals surface area (Å²) in [5.41, 5.74) is 2.33. The van der Waals surface area contributed by atoms with Crippen LogP contribution in [0.2, 0.25) is 0 Å². The molecule has 7 nitrogen and oxygen atoms in total. The van der Waals surface area contributed by atoms with Crippen LogP contribution in [0.15, 0.2) is 42.7 Å². The highest BCUT2D eigenvalue weighted by atomic mass is 16.2. The Labute approximate surface area is 139 Å². The Hall–Kier alpha value is -2.96. The molecule has 0 spiro atoms. The van der Waals surface area contributed by atoms with Crippen molar-refractivity contribution < 1.29 is 4.79 Å². The average Bonchev–Trinajstić information content (AvgIpc) is 2.96. The van der Waals surface area contributed by atoms with E-state index in [2.05, 4.69) is 25.8 Å². The molecule has 0 radical (unpaired) electrons. The topological polar surface area (TPSA) is 84.2 Å². The molecule has 24 heavy (non-hydrogen) atoms. The maximum atomic E-state index is 12.1. The Morgan fingerprint density at radius 3 is 2.88 bits per heavy atom. The maximum Gasteiger partial charge on any atom is 0.319 e. The molecule has 0 aromatic carbocycles. The standard InChI is InChI=1S/C17H18N6O/c24-17(19-10-13-6-1-2-9-18-13)20-14-7-8-15-21-22-16(23(15)11-14)12-4-3-5-12/h1-2,6-9,11-12H,3-5,10H2,(H2,19,20,24). The number of anilines is 1. The largest absolute Gasteiger partial charge is 0.332 e. The van der Waals surface area contributed by atoms with Crippen LogP contribution in [0.4, 0.5) is 10.5 Å². The summed E-state index contributed by atoms with van der Waals surface area (Å²) in [6.07, 6.45) is 7.14. The van der Waals surface area contributed by atoms with E-state index in [1.807, 2.05) is 40.9 Å². The van der Waals surface area contributed by atoms with E-state index in [0.717, 1.165) is 30.0 Å². The Bertz CT molecular complexity index is 856. The highest BCUT2D eigenvalue weighted by molar-refractivity contribution is 5.89. The van der Waals surface area contributed by atoms with Crippen LogP contribution in [0.5, 0.6) is 0 Å². The van der Waals surface area contributed by atoms with E-state index in [0.29, 0.717) is 18.2 Å². The predicted octanol–water partition coefficient (Wildman–Crippen LogP) is 2.71. The van der Waals surface area contributed by atoms with Crippen LogP contribution < -0.4 is 10.6 Å². The minimum Gasteiger partial charge on any atom is -0.332 e. The first kappa shape index (κ1) is 14.6. The zero-order valence-electron chi connectivity index (χ0n) is 13.1. The van der Waals surface area contributed by atoms with Gasteiger partial charge in [-0.2, -0.15) is 0 Å². The highest BCUT2D eigenvalue weighted by Gasteiger charge is 2.24. The van der Waals surface area contributed by atoms with E-state index in [1.165, 1.54) is 6.42 Å². The molecule has 0 atom stereocenters. The first-order valence-corrected chi connectivity index (χ1v) is 8.09. The van der Waals surface area contributed by atoms with Gasteiger partial charge in [0.05, 0.1) is 17.9 Å². The molecule has 2 amide bonds. The molecule has 1 aliphatic rings. The molecule has 2 N–H and O–H groups in total. The van der Waals surface area contributed by atoms with E-state index in [1.54, 1.807) is 6.20 Å². The molecule has 3 aromatic rings. The van der Waals surface area contributed by atoms with Gasteiger partial charge in [0.1, 0.15) is 5.82 Å². The Morgan fingerprint density at radius 1 is 1.21 bits per heavy atom. The number of pyridine rings is 2. The van der Waals surface area contributed by atoms with Crippen molar-refractivity contribution in [1.82, 2.24) is 24.9 Å². The van der Waals surface area contributed by atoms with E-state index in [-0.39, 0.29) is 6.03 Å². The van der Waals surface area contributed by atoms with Crippen molar-refractivity contribution in [2.45, 2.75) is 31.7 Å². The Morgan fingerprint density at radius 2 is 2.12 bits per heavy atom. The van der Waals surface area contributed by atoms with Crippen molar-refractivity contribution >= 4 is 17.4 Å². The van der Waals surface area contributed by atoms with Crippen LogP contribution in [0.3, 0.4) is 0 Å². The lowest BCUT2D eigenvalue weighted by atomic mass is 9.85. The van der Waals surface area contributed by atoms with Crippen molar-refractivity contribution in [2.75, 3.05) is 5.32 Å². The second-order valence-electron chi connectivity index (χ2n) is 5.96. The minimum absolute atomic E-state index is 0.265. The molecule has 1 saturated carbocycles. The van der Waals surface area contributed by atoms with Gasteiger partial charge < -0.3 is 10.6 Å². The fourth-order valence-electron chi connectivity index (χ4n) is 2.78. The van der Waals surface area contributed by atoms with Gasteiger partial charge in [0, 0.05) is 18.3 Å². The number of nitrogens with zero attached hydrogens (tertiary/aromatic N) is 4. The van der Waals surface area contributed by atoms with Gasteiger partial charge >= 0.3 is 6.03 Å². The molecule has 0 bridgehead atoms. The van der Waals surface area contributed by atoms with E-state index >= 15 is 0 Å². The third-order valence-corrected chi connectivity index (χ3v) is 4.31. The van der Waals surface area contributed by atoms with Crippen molar-refractivity contribution in [3.63, 3.8) is 0 Å². The zero-order chi connectivity index (χ0) is 16.4. The molecular weight excluding hydrogens is 304 g/mol. The van der Waals surface area contributed by atoms with Gasteiger partial charge in [-0.15, -0.1) is 10.2 Å². The Balaban J connectivity index is 1.44. The SMILES string of the molecule is O=C(NCc1ccccn1)Nc1ccc2nnc(C3CCC3)n2c1. The highest BCUT2D eigenvalue weighted by Crippen LogP contribution is 2.35. The number of hydrogen-bond donors (Lipinski definition) is 2. The summed E-state index contributed by atoms with van der Waals surface area (Å²) in [7, 11) is 0. The summed E-state index contributed by atoms with van der Waals surface area (Å²) in [5.74, 6) is 1.46. The fourth-order valence-corrected chi connectivity index (χ4v) is 2.78. The number of hydrogen-bond acceptors (Lipinski definition) is 4. The first-order valence-electron chi connectivity index (χ1n) is 8.09. The summed E-state index contributed by atoms with van der Waals surface area (Å²) in [5, 5.41) is 14.1. The van der Waals surface area contributed by atoms with Crippen LogP contribution in [0.25, 0.3) is 5.65 Å². The fraction of sp³-hybridized carbons (Fsp3) is 0.294. The van der Waals surface area contributed by atoms with Gasteiger partial charge in [0.15, 0.2) is 5.65 Å². The molecule has 0 saturated heterocycles. The number of nitrogens with one attached hydrogen (secondary N) is 2. The van der Waals surface area contributed by atoms with E-state index in [9.17, 15) is 4.79 Å². The monoisotopic (exact) mass is 322 g/mol. The summed E-state index contributed by atoms with van der Waals surface area (Å²) in [4.78, 5) is 16.2. The van der Waals surface area contributed by atoms with Crippen LogP contribution in [0, 0.1) is 0 Å². The second kappa shape index (κ2) is 6.27. The number of carbonyl (C=O) groups excluding carboxylic acids is 1.